The zero-order valence-corrected chi connectivity index (χ0v) is 12.5. The Bertz CT molecular complexity index is 276. The molecule has 0 spiro atoms. The SMILES string of the molecule is CC(O)CN1CCC(CN(C)C(=O)C(C)CN)CC1. The highest BCUT2D eigenvalue weighted by Gasteiger charge is 2.23. The number of carbonyl (C=O) groups excluding carboxylic acids is 1. The quantitative estimate of drug-likeness (QED) is 0.720. The van der Waals surface area contributed by atoms with Gasteiger partial charge in [-0.3, -0.25) is 4.79 Å². The first-order valence-corrected chi connectivity index (χ1v) is 7.29. The summed E-state index contributed by atoms with van der Waals surface area (Å²) in [5, 5.41) is 9.37. The van der Waals surface area contributed by atoms with Gasteiger partial charge in [0.1, 0.15) is 0 Å². The van der Waals surface area contributed by atoms with E-state index in [1.165, 1.54) is 0 Å². The lowest BCUT2D eigenvalue weighted by Crippen LogP contribution is -2.43. The Morgan fingerprint density at radius 2 is 2.00 bits per heavy atom. The van der Waals surface area contributed by atoms with Crippen molar-refractivity contribution in [2.45, 2.75) is 32.8 Å². The lowest BCUT2D eigenvalue weighted by molar-refractivity contribution is -0.134. The van der Waals surface area contributed by atoms with Crippen LogP contribution >= 0.6 is 0 Å². The summed E-state index contributed by atoms with van der Waals surface area (Å²) < 4.78 is 0. The molecule has 1 heterocycles. The number of carbonyl (C=O) groups is 1. The van der Waals surface area contributed by atoms with E-state index >= 15 is 0 Å². The minimum Gasteiger partial charge on any atom is -0.392 e. The second-order valence-corrected chi connectivity index (χ2v) is 5.95. The molecule has 2 atom stereocenters. The number of amides is 1. The standard InChI is InChI=1S/C14H29N3O2/c1-11(8-15)14(19)16(3)10-13-4-6-17(7-5-13)9-12(2)18/h11-13,18H,4-10,15H2,1-3H3. The van der Waals surface area contributed by atoms with Crippen molar-refractivity contribution in [2.24, 2.45) is 17.6 Å². The molecule has 1 fully saturated rings. The molecule has 0 aromatic rings. The number of aliphatic hydroxyl groups is 1. The first-order chi connectivity index (χ1) is 8.93. The molecular weight excluding hydrogens is 242 g/mol. The first-order valence-electron chi connectivity index (χ1n) is 7.29. The molecule has 0 radical (unpaired) electrons. The topological polar surface area (TPSA) is 69.8 Å². The van der Waals surface area contributed by atoms with Crippen LogP contribution in [0, 0.1) is 11.8 Å². The average Bonchev–Trinajstić information content (AvgIpc) is 2.38. The summed E-state index contributed by atoms with van der Waals surface area (Å²) in [7, 11) is 1.87. The lowest BCUT2D eigenvalue weighted by Gasteiger charge is -2.34. The minimum absolute atomic E-state index is 0.0830. The number of β-amino-alcohol motifs (C(OH)–C–C–N with tert-alkyl or cyclic N) is 1. The molecule has 0 aliphatic carbocycles. The molecule has 1 amide bonds. The summed E-state index contributed by atoms with van der Waals surface area (Å²) in [4.78, 5) is 16.1. The van der Waals surface area contributed by atoms with E-state index in [9.17, 15) is 9.90 Å². The van der Waals surface area contributed by atoms with Crippen LogP contribution in [0.15, 0.2) is 0 Å². The molecule has 5 heteroatoms. The van der Waals surface area contributed by atoms with Crippen molar-refractivity contribution in [3.8, 4) is 0 Å². The first kappa shape index (κ1) is 16.4. The molecule has 5 nitrogen and oxygen atoms in total. The lowest BCUT2D eigenvalue weighted by atomic mass is 9.95. The summed E-state index contributed by atoms with van der Waals surface area (Å²) >= 11 is 0. The Labute approximate surface area is 116 Å². The van der Waals surface area contributed by atoms with E-state index in [0.29, 0.717) is 12.5 Å². The average molecular weight is 271 g/mol. The van der Waals surface area contributed by atoms with Gasteiger partial charge in [0.15, 0.2) is 0 Å². The summed E-state index contributed by atoms with van der Waals surface area (Å²) in [6.45, 7) is 7.73. The second-order valence-electron chi connectivity index (χ2n) is 5.95. The van der Waals surface area contributed by atoms with Gasteiger partial charge in [-0.2, -0.15) is 0 Å². The smallest absolute Gasteiger partial charge is 0.226 e. The van der Waals surface area contributed by atoms with Gasteiger partial charge in [0.05, 0.1) is 6.10 Å². The number of hydrogen-bond acceptors (Lipinski definition) is 4. The number of likely N-dealkylation sites (tertiary alicyclic amines) is 1. The molecule has 0 aromatic heterocycles. The second kappa shape index (κ2) is 7.82. The maximum Gasteiger partial charge on any atom is 0.226 e. The minimum atomic E-state index is -0.258. The summed E-state index contributed by atoms with van der Waals surface area (Å²) in [5.41, 5.74) is 5.53. The van der Waals surface area contributed by atoms with Gasteiger partial charge in [-0.1, -0.05) is 6.92 Å². The summed E-state index contributed by atoms with van der Waals surface area (Å²) in [6.07, 6.45) is 1.94. The largest absolute Gasteiger partial charge is 0.392 e. The summed E-state index contributed by atoms with van der Waals surface area (Å²) in [5.74, 6) is 0.637. The van der Waals surface area contributed by atoms with Crippen LogP contribution in [0.2, 0.25) is 0 Å². The highest BCUT2D eigenvalue weighted by Crippen LogP contribution is 2.18. The molecule has 112 valence electrons. The van der Waals surface area contributed by atoms with E-state index in [1.807, 2.05) is 25.8 Å². The maximum atomic E-state index is 12.0. The van der Waals surface area contributed by atoms with E-state index in [4.69, 9.17) is 5.73 Å². The Morgan fingerprint density at radius 3 is 2.47 bits per heavy atom. The fourth-order valence-electron chi connectivity index (χ4n) is 2.68. The molecule has 0 aromatic carbocycles. The number of aliphatic hydroxyl groups excluding tert-OH is 1. The third kappa shape index (κ3) is 5.47. The fraction of sp³-hybridized carbons (Fsp3) is 0.929. The molecule has 2 unspecified atom stereocenters. The van der Waals surface area contributed by atoms with E-state index < -0.39 is 0 Å². The molecule has 0 bridgehead atoms. The Hall–Kier alpha value is -0.650. The van der Waals surface area contributed by atoms with Crippen molar-refractivity contribution >= 4 is 5.91 Å². The Kier molecular flexibility index (Phi) is 6.75. The highest BCUT2D eigenvalue weighted by atomic mass is 16.3. The Morgan fingerprint density at radius 1 is 1.42 bits per heavy atom. The molecule has 1 rings (SSSR count). The number of nitrogens with two attached hydrogens (primary N) is 1. The molecule has 19 heavy (non-hydrogen) atoms. The predicted molar refractivity (Wildman–Crippen MR) is 76.7 cm³/mol. The maximum absolute atomic E-state index is 12.0. The molecule has 3 N–H and O–H groups in total. The number of nitrogens with zero attached hydrogens (tertiary/aromatic N) is 2. The van der Waals surface area contributed by atoms with E-state index in [0.717, 1.165) is 39.0 Å². The van der Waals surface area contributed by atoms with Crippen molar-refractivity contribution in [2.75, 3.05) is 39.8 Å². The van der Waals surface area contributed by atoms with Crippen molar-refractivity contribution in [3.63, 3.8) is 0 Å². The van der Waals surface area contributed by atoms with Crippen molar-refractivity contribution in [1.29, 1.82) is 0 Å². The van der Waals surface area contributed by atoms with Crippen LogP contribution in [0.25, 0.3) is 0 Å². The van der Waals surface area contributed by atoms with Crippen LogP contribution in [0.3, 0.4) is 0 Å². The van der Waals surface area contributed by atoms with Crippen LogP contribution in [0.4, 0.5) is 0 Å². The molecule has 1 aliphatic heterocycles. The Balaban J connectivity index is 2.30. The number of rotatable bonds is 6. The van der Waals surface area contributed by atoms with E-state index in [1.54, 1.807) is 0 Å². The third-order valence-corrected chi connectivity index (χ3v) is 3.91. The fourth-order valence-corrected chi connectivity index (χ4v) is 2.68. The van der Waals surface area contributed by atoms with Crippen molar-refractivity contribution < 1.29 is 9.90 Å². The van der Waals surface area contributed by atoms with Crippen LogP contribution in [-0.2, 0) is 4.79 Å². The predicted octanol–water partition coefficient (Wildman–Crippen LogP) is 0.132. The van der Waals surface area contributed by atoms with E-state index in [-0.39, 0.29) is 17.9 Å². The summed E-state index contributed by atoms with van der Waals surface area (Å²) in [6, 6.07) is 0. The molecule has 1 saturated heterocycles. The van der Waals surface area contributed by atoms with Gasteiger partial charge < -0.3 is 20.6 Å². The van der Waals surface area contributed by atoms with E-state index in [2.05, 4.69) is 4.90 Å². The van der Waals surface area contributed by atoms with Crippen LogP contribution < -0.4 is 5.73 Å². The van der Waals surface area contributed by atoms with Crippen LogP contribution in [0.1, 0.15) is 26.7 Å². The van der Waals surface area contributed by atoms with Gasteiger partial charge >= 0.3 is 0 Å². The number of piperidine rings is 1. The molecular formula is C14H29N3O2. The third-order valence-electron chi connectivity index (χ3n) is 3.91. The number of hydrogen-bond donors (Lipinski definition) is 2. The normalized spacial score (nSPS) is 21.1. The molecule has 1 aliphatic rings. The zero-order valence-electron chi connectivity index (χ0n) is 12.5. The van der Waals surface area contributed by atoms with Gasteiger partial charge in [0, 0.05) is 32.6 Å². The van der Waals surface area contributed by atoms with Gasteiger partial charge in [-0.05, 0) is 38.8 Å². The monoisotopic (exact) mass is 271 g/mol. The van der Waals surface area contributed by atoms with Gasteiger partial charge in [0.2, 0.25) is 5.91 Å². The van der Waals surface area contributed by atoms with Crippen LogP contribution in [0.5, 0.6) is 0 Å². The van der Waals surface area contributed by atoms with Gasteiger partial charge in [-0.15, -0.1) is 0 Å². The van der Waals surface area contributed by atoms with Gasteiger partial charge in [0.25, 0.3) is 0 Å². The highest BCUT2D eigenvalue weighted by molar-refractivity contribution is 5.78. The van der Waals surface area contributed by atoms with Crippen molar-refractivity contribution in [1.82, 2.24) is 9.80 Å². The van der Waals surface area contributed by atoms with Gasteiger partial charge in [-0.25, -0.2) is 0 Å². The van der Waals surface area contributed by atoms with Crippen molar-refractivity contribution in [3.05, 3.63) is 0 Å². The van der Waals surface area contributed by atoms with Crippen LogP contribution in [-0.4, -0.2) is 66.7 Å². The molecule has 0 saturated carbocycles. The zero-order chi connectivity index (χ0) is 14.4.